The van der Waals surface area contributed by atoms with Gasteiger partial charge in [-0.2, -0.15) is 0 Å². The summed E-state index contributed by atoms with van der Waals surface area (Å²) in [6.45, 7) is 0.336. The Hall–Kier alpha value is -3.23. The summed E-state index contributed by atoms with van der Waals surface area (Å²) in [5, 5.41) is 14.0. The monoisotopic (exact) mass is 425 g/mol. The highest BCUT2D eigenvalue weighted by Gasteiger charge is 2.12. The number of halogens is 1. The van der Waals surface area contributed by atoms with E-state index in [9.17, 15) is 4.79 Å². The summed E-state index contributed by atoms with van der Waals surface area (Å²) < 4.78 is 7.29. The van der Waals surface area contributed by atoms with Crippen molar-refractivity contribution in [2.75, 3.05) is 5.32 Å². The van der Waals surface area contributed by atoms with E-state index in [1.54, 1.807) is 41.3 Å². The van der Waals surface area contributed by atoms with Crippen molar-refractivity contribution in [2.45, 2.75) is 13.0 Å². The van der Waals surface area contributed by atoms with Crippen molar-refractivity contribution in [1.29, 1.82) is 0 Å². The first-order valence-corrected chi connectivity index (χ1v) is 10.0. The smallest absolute Gasteiger partial charge is 0.230 e. The molecule has 0 saturated carbocycles. The van der Waals surface area contributed by atoms with Gasteiger partial charge < -0.3 is 10.1 Å². The number of nitrogens with zero attached hydrogens (tertiary/aromatic N) is 4. The van der Waals surface area contributed by atoms with Crippen LogP contribution in [0.2, 0.25) is 5.02 Å². The van der Waals surface area contributed by atoms with E-state index in [0.29, 0.717) is 28.8 Å². The molecule has 0 unspecified atom stereocenters. The van der Waals surface area contributed by atoms with Gasteiger partial charge in [-0.15, -0.1) is 16.4 Å². The van der Waals surface area contributed by atoms with Crippen LogP contribution in [0.25, 0.3) is 5.69 Å². The molecule has 1 amide bonds. The summed E-state index contributed by atoms with van der Waals surface area (Å²) in [7, 11) is 0. The van der Waals surface area contributed by atoms with Crippen LogP contribution in [-0.2, 0) is 17.8 Å². The number of benzene rings is 2. The topological polar surface area (TPSA) is 81.9 Å². The lowest BCUT2D eigenvalue weighted by Gasteiger charge is -2.10. The zero-order valence-electron chi connectivity index (χ0n) is 15.2. The molecule has 2 aromatic carbocycles. The van der Waals surface area contributed by atoms with Crippen molar-refractivity contribution in [3.8, 4) is 11.4 Å². The Morgan fingerprint density at radius 1 is 1.17 bits per heavy atom. The van der Waals surface area contributed by atoms with Crippen LogP contribution >= 0.6 is 22.9 Å². The number of hydrogen-bond acceptors (Lipinski definition) is 6. The van der Waals surface area contributed by atoms with Crippen molar-refractivity contribution in [3.63, 3.8) is 0 Å². The predicted octanol–water partition coefficient (Wildman–Crippen LogP) is 4.14. The number of amides is 1. The number of carbonyl (C=O) groups is 1. The quantitative estimate of drug-likeness (QED) is 0.481. The SMILES string of the molecule is O=C(Cc1csc(COc2ccc(Cl)cc2)n1)Nc1ccccc1-n1ccnn1. The lowest BCUT2D eigenvalue weighted by molar-refractivity contribution is -0.115. The van der Waals surface area contributed by atoms with Crippen molar-refractivity contribution in [2.24, 2.45) is 0 Å². The third-order valence-corrected chi connectivity index (χ3v) is 5.09. The van der Waals surface area contributed by atoms with Gasteiger partial charge in [0.2, 0.25) is 5.91 Å². The van der Waals surface area contributed by atoms with Gasteiger partial charge in [-0.25, -0.2) is 9.67 Å². The van der Waals surface area contributed by atoms with Gasteiger partial charge in [0, 0.05) is 10.4 Å². The zero-order valence-corrected chi connectivity index (χ0v) is 16.7. The number of ether oxygens (including phenoxy) is 1. The molecule has 4 aromatic rings. The van der Waals surface area contributed by atoms with Crippen LogP contribution in [0.4, 0.5) is 5.69 Å². The summed E-state index contributed by atoms with van der Waals surface area (Å²) in [6, 6.07) is 14.6. The molecule has 4 rings (SSSR count). The minimum absolute atomic E-state index is 0.159. The van der Waals surface area contributed by atoms with E-state index in [1.165, 1.54) is 11.3 Å². The first kappa shape index (κ1) is 19.1. The molecule has 0 fully saturated rings. The lowest BCUT2D eigenvalue weighted by atomic mass is 10.2. The highest BCUT2D eigenvalue weighted by Crippen LogP contribution is 2.20. The molecule has 7 nitrogen and oxygen atoms in total. The zero-order chi connectivity index (χ0) is 20.1. The fourth-order valence-electron chi connectivity index (χ4n) is 2.65. The maximum absolute atomic E-state index is 12.5. The molecule has 2 aromatic heterocycles. The Balaban J connectivity index is 1.36. The summed E-state index contributed by atoms with van der Waals surface area (Å²) in [5.74, 6) is 0.557. The molecule has 0 atom stereocenters. The van der Waals surface area contributed by atoms with E-state index in [-0.39, 0.29) is 12.3 Å². The number of carbonyl (C=O) groups excluding carboxylic acids is 1. The third kappa shape index (κ3) is 4.98. The van der Waals surface area contributed by atoms with E-state index in [1.807, 2.05) is 29.6 Å². The maximum atomic E-state index is 12.5. The van der Waals surface area contributed by atoms with E-state index in [0.717, 1.165) is 10.7 Å². The van der Waals surface area contributed by atoms with Crippen molar-refractivity contribution < 1.29 is 9.53 Å². The number of rotatable bonds is 7. The Labute approximate surface area is 175 Å². The molecule has 146 valence electrons. The van der Waals surface area contributed by atoms with Crippen LogP contribution in [0.15, 0.2) is 66.3 Å². The van der Waals surface area contributed by atoms with Crippen molar-refractivity contribution >= 4 is 34.5 Å². The van der Waals surface area contributed by atoms with Gasteiger partial charge >= 0.3 is 0 Å². The average Bonchev–Trinajstić information content (AvgIpc) is 3.40. The summed E-state index contributed by atoms with van der Waals surface area (Å²) in [6.07, 6.45) is 3.48. The molecule has 0 radical (unpaired) electrons. The standard InChI is InChI=1S/C20H16ClN5O2S/c21-14-5-7-16(8-6-14)28-12-20-23-15(13-29-20)11-19(27)24-17-3-1-2-4-18(17)26-10-9-22-25-26/h1-10,13H,11-12H2,(H,24,27). The van der Waals surface area contributed by atoms with E-state index < -0.39 is 0 Å². The molecule has 1 N–H and O–H groups in total. The highest BCUT2D eigenvalue weighted by molar-refractivity contribution is 7.09. The van der Waals surface area contributed by atoms with Gasteiger partial charge in [-0.3, -0.25) is 4.79 Å². The van der Waals surface area contributed by atoms with Crippen LogP contribution in [0.1, 0.15) is 10.7 Å². The number of aromatic nitrogens is 4. The van der Waals surface area contributed by atoms with Gasteiger partial charge in [0.05, 0.1) is 35.9 Å². The third-order valence-electron chi connectivity index (χ3n) is 3.96. The molecule has 0 spiro atoms. The molecule has 0 bridgehead atoms. The molecule has 9 heteroatoms. The van der Waals surface area contributed by atoms with Gasteiger partial charge in [0.15, 0.2) is 0 Å². The number of nitrogens with one attached hydrogen (secondary N) is 1. The Morgan fingerprint density at radius 3 is 2.79 bits per heavy atom. The largest absolute Gasteiger partial charge is 0.486 e. The second-order valence-electron chi connectivity index (χ2n) is 6.06. The molecule has 29 heavy (non-hydrogen) atoms. The highest BCUT2D eigenvalue weighted by atomic mass is 35.5. The van der Waals surface area contributed by atoms with Crippen molar-refractivity contribution in [3.05, 3.63) is 82.0 Å². The van der Waals surface area contributed by atoms with Crippen LogP contribution in [-0.4, -0.2) is 25.9 Å². The van der Waals surface area contributed by atoms with E-state index in [4.69, 9.17) is 16.3 Å². The van der Waals surface area contributed by atoms with E-state index in [2.05, 4.69) is 20.6 Å². The molecular weight excluding hydrogens is 410 g/mol. The van der Waals surface area contributed by atoms with Gasteiger partial charge in [-0.1, -0.05) is 28.9 Å². The molecule has 0 aliphatic carbocycles. The summed E-state index contributed by atoms with van der Waals surface area (Å²) in [5.41, 5.74) is 2.10. The van der Waals surface area contributed by atoms with Crippen LogP contribution in [0.3, 0.4) is 0 Å². The second-order valence-corrected chi connectivity index (χ2v) is 7.44. The van der Waals surface area contributed by atoms with Gasteiger partial charge in [0.25, 0.3) is 0 Å². The minimum atomic E-state index is -0.159. The molecular formula is C20H16ClN5O2S. The molecule has 0 aliphatic heterocycles. The second kappa shape index (κ2) is 8.85. The lowest BCUT2D eigenvalue weighted by Crippen LogP contribution is -2.16. The fourth-order valence-corrected chi connectivity index (χ4v) is 3.48. The van der Waals surface area contributed by atoms with Crippen LogP contribution in [0.5, 0.6) is 5.75 Å². The summed E-state index contributed by atoms with van der Waals surface area (Å²) in [4.78, 5) is 17.0. The van der Waals surface area contributed by atoms with Crippen LogP contribution < -0.4 is 10.1 Å². The number of anilines is 1. The van der Waals surface area contributed by atoms with Crippen LogP contribution in [0, 0.1) is 0 Å². The first-order valence-electron chi connectivity index (χ1n) is 8.74. The molecule has 0 aliphatic rings. The fraction of sp³-hybridized carbons (Fsp3) is 0.100. The Kier molecular flexibility index (Phi) is 5.83. The number of para-hydroxylation sites is 2. The normalized spacial score (nSPS) is 10.7. The maximum Gasteiger partial charge on any atom is 0.230 e. The van der Waals surface area contributed by atoms with Crippen molar-refractivity contribution in [1.82, 2.24) is 20.0 Å². The van der Waals surface area contributed by atoms with Gasteiger partial charge in [-0.05, 0) is 36.4 Å². The number of thiazole rings is 1. The minimum Gasteiger partial charge on any atom is -0.486 e. The van der Waals surface area contributed by atoms with E-state index >= 15 is 0 Å². The predicted molar refractivity (Wildman–Crippen MR) is 112 cm³/mol. The van der Waals surface area contributed by atoms with Gasteiger partial charge in [0.1, 0.15) is 17.4 Å². The Bertz CT molecular complexity index is 1100. The molecule has 2 heterocycles. The summed E-state index contributed by atoms with van der Waals surface area (Å²) >= 11 is 7.32. The molecule has 0 saturated heterocycles. The first-order chi connectivity index (χ1) is 14.2. The number of hydrogen-bond donors (Lipinski definition) is 1. The Morgan fingerprint density at radius 2 is 2.00 bits per heavy atom. The average molecular weight is 426 g/mol.